The molecule has 0 atom stereocenters. The van der Waals surface area contributed by atoms with Gasteiger partial charge < -0.3 is 5.11 Å². The predicted molar refractivity (Wildman–Crippen MR) is 53.2 cm³/mol. The summed E-state index contributed by atoms with van der Waals surface area (Å²) in [5.41, 5.74) is -2.50. The number of aromatic nitrogens is 4. The number of carboxylic acid groups (broad SMARTS) is 1. The van der Waals surface area contributed by atoms with Crippen molar-refractivity contribution >= 4 is 17.3 Å². The lowest BCUT2D eigenvalue weighted by Gasteiger charge is -2.08. The normalized spacial score (nSPS) is 11.7. The van der Waals surface area contributed by atoms with Gasteiger partial charge in [-0.2, -0.15) is 13.2 Å². The molecule has 18 heavy (non-hydrogen) atoms. The summed E-state index contributed by atoms with van der Waals surface area (Å²) in [4.78, 5) is 14.5. The molecule has 0 aliphatic carbocycles. The second-order valence-corrected chi connectivity index (χ2v) is 4.15. The summed E-state index contributed by atoms with van der Waals surface area (Å²) in [5, 5.41) is 16.9. The van der Waals surface area contributed by atoms with Crippen LogP contribution in [0.5, 0.6) is 0 Å². The van der Waals surface area contributed by atoms with Crippen LogP contribution in [-0.4, -0.2) is 31.1 Å². The van der Waals surface area contributed by atoms with E-state index in [1.807, 2.05) is 0 Å². The Labute approximate surface area is 102 Å². The van der Waals surface area contributed by atoms with Gasteiger partial charge in [0.1, 0.15) is 5.01 Å². The third kappa shape index (κ3) is 2.32. The van der Waals surface area contributed by atoms with Gasteiger partial charge in [0.25, 0.3) is 0 Å². The molecule has 0 aliphatic heterocycles. The Bertz CT molecular complexity index is 563. The summed E-state index contributed by atoms with van der Waals surface area (Å²) < 4.78 is 38.7. The summed E-state index contributed by atoms with van der Waals surface area (Å²) in [6.07, 6.45) is -3.41. The zero-order valence-electron chi connectivity index (χ0n) is 8.55. The molecule has 2 aromatic rings. The average Bonchev–Trinajstić information content (AvgIpc) is 2.85. The minimum Gasteiger partial charge on any atom is -0.476 e. The highest BCUT2D eigenvalue weighted by Crippen LogP contribution is 2.31. The Hall–Kier alpha value is -1.97. The van der Waals surface area contributed by atoms with Gasteiger partial charge in [-0.25, -0.2) is 14.5 Å². The second-order valence-electron chi connectivity index (χ2n) is 3.17. The van der Waals surface area contributed by atoms with Crippen LogP contribution in [0.3, 0.4) is 0 Å². The molecule has 2 heterocycles. The van der Waals surface area contributed by atoms with E-state index in [4.69, 9.17) is 5.11 Å². The number of carbonyl (C=O) groups is 1. The maximum absolute atomic E-state index is 12.8. The monoisotopic (exact) mass is 278 g/mol. The SMILES string of the molecule is O=C(O)c1nnn(Cc2nccs2)c1C(F)(F)F. The molecule has 0 bridgehead atoms. The second kappa shape index (κ2) is 4.37. The first-order valence-corrected chi connectivity index (χ1v) is 5.40. The Kier molecular flexibility index (Phi) is 3.03. The minimum absolute atomic E-state index is 0.271. The quantitative estimate of drug-likeness (QED) is 0.920. The van der Waals surface area contributed by atoms with Gasteiger partial charge in [-0.05, 0) is 0 Å². The van der Waals surface area contributed by atoms with Gasteiger partial charge in [0, 0.05) is 11.6 Å². The van der Waals surface area contributed by atoms with Crippen molar-refractivity contribution in [3.05, 3.63) is 28.0 Å². The number of carboxylic acids is 1. The summed E-state index contributed by atoms with van der Waals surface area (Å²) in [5.74, 6) is -1.77. The van der Waals surface area contributed by atoms with Crippen LogP contribution < -0.4 is 0 Å². The number of thiazole rings is 1. The Balaban J connectivity index is 2.45. The molecule has 0 amide bonds. The van der Waals surface area contributed by atoms with Crippen LogP contribution in [0, 0.1) is 0 Å². The van der Waals surface area contributed by atoms with Crippen LogP contribution in [0.4, 0.5) is 13.2 Å². The summed E-state index contributed by atoms with van der Waals surface area (Å²) in [6, 6.07) is 0. The van der Waals surface area contributed by atoms with E-state index in [1.54, 1.807) is 5.38 Å². The third-order valence-electron chi connectivity index (χ3n) is 1.97. The van der Waals surface area contributed by atoms with Gasteiger partial charge in [0.15, 0.2) is 5.69 Å². The molecule has 0 aromatic carbocycles. The number of alkyl halides is 3. The van der Waals surface area contributed by atoms with Crippen LogP contribution in [0.2, 0.25) is 0 Å². The molecule has 0 fully saturated rings. The van der Waals surface area contributed by atoms with Gasteiger partial charge in [0.05, 0.1) is 6.54 Å². The fourth-order valence-electron chi connectivity index (χ4n) is 1.31. The van der Waals surface area contributed by atoms with E-state index in [-0.39, 0.29) is 6.54 Å². The molecule has 10 heteroatoms. The molecule has 0 saturated heterocycles. The van der Waals surface area contributed by atoms with E-state index in [2.05, 4.69) is 15.3 Å². The molecular formula is C8H5F3N4O2S. The Morgan fingerprint density at radius 3 is 2.72 bits per heavy atom. The first-order chi connectivity index (χ1) is 8.39. The molecule has 0 saturated carbocycles. The van der Waals surface area contributed by atoms with Crippen molar-refractivity contribution in [2.24, 2.45) is 0 Å². The summed E-state index contributed by atoms with van der Waals surface area (Å²) in [6.45, 7) is -0.271. The predicted octanol–water partition coefficient (Wildman–Crippen LogP) is 1.50. The van der Waals surface area contributed by atoms with Gasteiger partial charge in [-0.1, -0.05) is 5.21 Å². The lowest BCUT2D eigenvalue weighted by Crippen LogP contribution is -2.18. The molecule has 96 valence electrons. The molecule has 1 N–H and O–H groups in total. The number of hydrogen-bond donors (Lipinski definition) is 1. The van der Waals surface area contributed by atoms with E-state index in [0.717, 1.165) is 11.3 Å². The van der Waals surface area contributed by atoms with Crippen molar-refractivity contribution in [1.82, 2.24) is 20.0 Å². The zero-order chi connectivity index (χ0) is 13.3. The highest BCUT2D eigenvalue weighted by Gasteiger charge is 2.41. The topological polar surface area (TPSA) is 80.9 Å². The van der Waals surface area contributed by atoms with Gasteiger partial charge >= 0.3 is 12.1 Å². The lowest BCUT2D eigenvalue weighted by atomic mass is 10.3. The fraction of sp³-hybridized carbons (Fsp3) is 0.250. The molecular weight excluding hydrogens is 273 g/mol. The van der Waals surface area contributed by atoms with Crippen molar-refractivity contribution in [3.8, 4) is 0 Å². The summed E-state index contributed by atoms with van der Waals surface area (Å²) in [7, 11) is 0. The highest BCUT2D eigenvalue weighted by molar-refractivity contribution is 7.09. The number of hydrogen-bond acceptors (Lipinski definition) is 5. The maximum Gasteiger partial charge on any atom is 0.435 e. The van der Waals surface area contributed by atoms with Crippen molar-refractivity contribution in [1.29, 1.82) is 0 Å². The van der Waals surface area contributed by atoms with Gasteiger partial charge in [-0.15, -0.1) is 16.4 Å². The zero-order valence-corrected chi connectivity index (χ0v) is 9.36. The number of nitrogens with zero attached hydrogens (tertiary/aromatic N) is 4. The standard InChI is InChI=1S/C8H5F3N4O2S/c9-8(10,11)6-5(7(16)17)13-14-15(6)3-4-12-1-2-18-4/h1-2H,3H2,(H,16,17). The molecule has 0 spiro atoms. The van der Waals surface area contributed by atoms with Crippen molar-refractivity contribution in [3.63, 3.8) is 0 Å². The molecule has 2 aromatic heterocycles. The number of halogens is 3. The fourth-order valence-corrected chi connectivity index (χ4v) is 1.90. The van der Waals surface area contributed by atoms with E-state index in [1.165, 1.54) is 6.20 Å². The smallest absolute Gasteiger partial charge is 0.435 e. The Morgan fingerprint density at radius 2 is 2.22 bits per heavy atom. The van der Waals surface area contributed by atoms with Crippen molar-refractivity contribution in [2.45, 2.75) is 12.7 Å². The van der Waals surface area contributed by atoms with Crippen LogP contribution in [0.1, 0.15) is 21.2 Å². The van der Waals surface area contributed by atoms with E-state index in [0.29, 0.717) is 9.69 Å². The highest BCUT2D eigenvalue weighted by atomic mass is 32.1. The number of aromatic carboxylic acids is 1. The molecule has 0 unspecified atom stereocenters. The lowest BCUT2D eigenvalue weighted by molar-refractivity contribution is -0.144. The molecule has 0 aliphatic rings. The van der Waals surface area contributed by atoms with Crippen LogP contribution in [0.15, 0.2) is 11.6 Å². The van der Waals surface area contributed by atoms with Crippen molar-refractivity contribution in [2.75, 3.05) is 0 Å². The third-order valence-corrected chi connectivity index (χ3v) is 2.74. The van der Waals surface area contributed by atoms with E-state index < -0.39 is 23.5 Å². The molecule has 2 rings (SSSR count). The summed E-state index contributed by atoms with van der Waals surface area (Å²) >= 11 is 1.14. The largest absolute Gasteiger partial charge is 0.476 e. The van der Waals surface area contributed by atoms with Crippen molar-refractivity contribution < 1.29 is 23.1 Å². The first-order valence-electron chi connectivity index (χ1n) is 4.52. The van der Waals surface area contributed by atoms with Crippen LogP contribution in [0.25, 0.3) is 0 Å². The van der Waals surface area contributed by atoms with Gasteiger partial charge in [0.2, 0.25) is 5.69 Å². The molecule has 6 nitrogen and oxygen atoms in total. The Morgan fingerprint density at radius 1 is 1.50 bits per heavy atom. The van der Waals surface area contributed by atoms with E-state index in [9.17, 15) is 18.0 Å². The van der Waals surface area contributed by atoms with Crippen LogP contribution in [-0.2, 0) is 12.7 Å². The van der Waals surface area contributed by atoms with Crippen LogP contribution >= 0.6 is 11.3 Å². The minimum atomic E-state index is -4.84. The average molecular weight is 278 g/mol. The number of rotatable bonds is 3. The van der Waals surface area contributed by atoms with E-state index >= 15 is 0 Å². The maximum atomic E-state index is 12.8. The van der Waals surface area contributed by atoms with Gasteiger partial charge in [-0.3, -0.25) is 0 Å². The molecule has 0 radical (unpaired) electrons. The first kappa shape index (κ1) is 12.5.